The lowest BCUT2D eigenvalue weighted by atomic mass is 9.90. The third kappa shape index (κ3) is 3.54. The van der Waals surface area contributed by atoms with Crippen molar-refractivity contribution in [2.75, 3.05) is 6.61 Å². The number of carbonyl (C=O) groups excluding carboxylic acids is 1. The minimum Gasteiger partial charge on any atom is -0.464 e. The van der Waals surface area contributed by atoms with Crippen LogP contribution in [0.3, 0.4) is 0 Å². The maximum Gasteiger partial charge on any atom is 0.330 e. The fourth-order valence-corrected chi connectivity index (χ4v) is 1.94. The van der Waals surface area contributed by atoms with Crippen LogP contribution < -0.4 is 5.32 Å². The zero-order chi connectivity index (χ0) is 15.3. The van der Waals surface area contributed by atoms with Gasteiger partial charge in [0.15, 0.2) is 11.6 Å². The SMILES string of the molecule is CCOC(=O)C(C)(NC(C)CC)c1ccc(F)c(F)c1. The highest BCUT2D eigenvalue weighted by atomic mass is 19.2. The molecule has 1 aromatic rings. The van der Waals surface area contributed by atoms with E-state index in [2.05, 4.69) is 5.32 Å². The molecule has 0 aromatic heterocycles. The first kappa shape index (κ1) is 16.6. The molecule has 0 saturated carbocycles. The van der Waals surface area contributed by atoms with Gasteiger partial charge in [-0.25, -0.2) is 13.6 Å². The Kier molecular flexibility index (Phi) is 5.62. The number of esters is 1. The molecule has 112 valence electrons. The Morgan fingerprint density at radius 1 is 1.35 bits per heavy atom. The molecule has 0 aliphatic heterocycles. The number of nitrogens with one attached hydrogen (secondary N) is 1. The number of hydrogen-bond donors (Lipinski definition) is 1. The molecule has 1 N–H and O–H groups in total. The van der Waals surface area contributed by atoms with Crippen LogP contribution in [0.2, 0.25) is 0 Å². The van der Waals surface area contributed by atoms with Crippen molar-refractivity contribution in [3.05, 3.63) is 35.4 Å². The van der Waals surface area contributed by atoms with E-state index in [1.807, 2.05) is 13.8 Å². The van der Waals surface area contributed by atoms with Gasteiger partial charge in [0.05, 0.1) is 6.61 Å². The lowest BCUT2D eigenvalue weighted by molar-refractivity contribution is -0.151. The molecule has 0 aliphatic carbocycles. The summed E-state index contributed by atoms with van der Waals surface area (Å²) in [4.78, 5) is 12.2. The highest BCUT2D eigenvalue weighted by Gasteiger charge is 2.38. The van der Waals surface area contributed by atoms with Gasteiger partial charge in [0.2, 0.25) is 0 Å². The van der Waals surface area contributed by atoms with Crippen molar-refractivity contribution in [2.45, 2.75) is 45.7 Å². The molecule has 0 bridgehead atoms. The van der Waals surface area contributed by atoms with E-state index in [1.54, 1.807) is 13.8 Å². The number of hydrogen-bond acceptors (Lipinski definition) is 3. The molecular weight excluding hydrogens is 264 g/mol. The average Bonchev–Trinajstić information content (AvgIpc) is 2.41. The van der Waals surface area contributed by atoms with Gasteiger partial charge in [0, 0.05) is 6.04 Å². The van der Waals surface area contributed by atoms with Crippen LogP contribution in [0.25, 0.3) is 0 Å². The van der Waals surface area contributed by atoms with Gasteiger partial charge in [-0.05, 0) is 44.9 Å². The Labute approximate surface area is 118 Å². The summed E-state index contributed by atoms with van der Waals surface area (Å²) in [6.07, 6.45) is 0.790. The standard InChI is InChI=1S/C15H21F2NO2/c1-5-10(3)18-15(4,14(19)20-6-2)11-7-8-12(16)13(17)9-11/h7-10,18H,5-6H2,1-4H3. The summed E-state index contributed by atoms with van der Waals surface area (Å²) in [7, 11) is 0. The third-order valence-electron chi connectivity index (χ3n) is 3.33. The van der Waals surface area contributed by atoms with E-state index >= 15 is 0 Å². The zero-order valence-electron chi connectivity index (χ0n) is 12.3. The predicted octanol–water partition coefficient (Wildman–Crippen LogP) is 3.13. The van der Waals surface area contributed by atoms with E-state index in [1.165, 1.54) is 6.07 Å². The summed E-state index contributed by atoms with van der Waals surface area (Å²) in [6, 6.07) is 3.46. The molecule has 1 aromatic carbocycles. The molecule has 0 fully saturated rings. The molecule has 0 amide bonds. The maximum absolute atomic E-state index is 13.4. The monoisotopic (exact) mass is 285 g/mol. The van der Waals surface area contributed by atoms with Crippen LogP contribution in [-0.4, -0.2) is 18.6 Å². The van der Waals surface area contributed by atoms with Crippen molar-refractivity contribution in [1.29, 1.82) is 0 Å². The molecule has 1 rings (SSSR count). The van der Waals surface area contributed by atoms with Crippen molar-refractivity contribution in [1.82, 2.24) is 5.32 Å². The van der Waals surface area contributed by atoms with E-state index < -0.39 is 23.1 Å². The summed E-state index contributed by atoms with van der Waals surface area (Å²) >= 11 is 0. The Morgan fingerprint density at radius 3 is 2.50 bits per heavy atom. The largest absolute Gasteiger partial charge is 0.464 e. The smallest absolute Gasteiger partial charge is 0.330 e. The summed E-state index contributed by atoms with van der Waals surface area (Å²) in [5.74, 6) is -2.43. The van der Waals surface area contributed by atoms with Crippen LogP contribution in [0, 0.1) is 11.6 Å². The summed E-state index contributed by atoms with van der Waals surface area (Å²) in [5.41, 5.74) is -0.866. The molecule has 0 radical (unpaired) electrons. The lowest BCUT2D eigenvalue weighted by Gasteiger charge is -2.32. The van der Waals surface area contributed by atoms with E-state index in [4.69, 9.17) is 4.74 Å². The molecule has 3 nitrogen and oxygen atoms in total. The van der Waals surface area contributed by atoms with Crippen LogP contribution in [0.15, 0.2) is 18.2 Å². The molecule has 5 heteroatoms. The average molecular weight is 285 g/mol. The minimum atomic E-state index is -1.21. The third-order valence-corrected chi connectivity index (χ3v) is 3.33. The lowest BCUT2D eigenvalue weighted by Crippen LogP contribution is -2.51. The Morgan fingerprint density at radius 2 is 2.00 bits per heavy atom. The first-order valence-electron chi connectivity index (χ1n) is 6.75. The quantitative estimate of drug-likeness (QED) is 0.816. The summed E-state index contributed by atoms with van der Waals surface area (Å²) in [5, 5.41) is 3.13. The van der Waals surface area contributed by atoms with Crippen molar-refractivity contribution in [2.24, 2.45) is 0 Å². The second kappa shape index (κ2) is 6.79. The van der Waals surface area contributed by atoms with Gasteiger partial charge >= 0.3 is 5.97 Å². The zero-order valence-corrected chi connectivity index (χ0v) is 12.3. The molecule has 0 saturated heterocycles. The molecule has 2 unspecified atom stereocenters. The fraction of sp³-hybridized carbons (Fsp3) is 0.533. The highest BCUT2D eigenvalue weighted by molar-refractivity contribution is 5.82. The van der Waals surface area contributed by atoms with E-state index in [0.29, 0.717) is 5.56 Å². The van der Waals surface area contributed by atoms with Crippen molar-refractivity contribution >= 4 is 5.97 Å². The second-order valence-corrected chi connectivity index (χ2v) is 4.93. The summed E-state index contributed by atoms with van der Waals surface area (Å²) < 4.78 is 31.5. The number of benzene rings is 1. The molecule has 2 atom stereocenters. The van der Waals surface area contributed by atoms with Crippen LogP contribution in [0.1, 0.15) is 39.7 Å². The second-order valence-electron chi connectivity index (χ2n) is 4.93. The topological polar surface area (TPSA) is 38.3 Å². The van der Waals surface area contributed by atoms with Crippen molar-refractivity contribution < 1.29 is 18.3 Å². The molecule has 0 spiro atoms. The van der Waals surface area contributed by atoms with Gasteiger partial charge in [-0.1, -0.05) is 13.0 Å². The van der Waals surface area contributed by atoms with Crippen LogP contribution >= 0.6 is 0 Å². The summed E-state index contributed by atoms with van der Waals surface area (Å²) in [6.45, 7) is 7.42. The van der Waals surface area contributed by atoms with Gasteiger partial charge in [0.1, 0.15) is 5.54 Å². The van der Waals surface area contributed by atoms with E-state index in [-0.39, 0.29) is 12.6 Å². The number of halogens is 2. The molecule has 0 heterocycles. The first-order valence-corrected chi connectivity index (χ1v) is 6.75. The van der Waals surface area contributed by atoms with Gasteiger partial charge in [-0.15, -0.1) is 0 Å². The van der Waals surface area contributed by atoms with Gasteiger partial charge in [-0.2, -0.15) is 0 Å². The predicted molar refractivity (Wildman–Crippen MR) is 73.2 cm³/mol. The van der Waals surface area contributed by atoms with Crippen molar-refractivity contribution in [3.63, 3.8) is 0 Å². The van der Waals surface area contributed by atoms with Crippen LogP contribution in [0.4, 0.5) is 8.78 Å². The Bertz CT molecular complexity index is 479. The Balaban J connectivity index is 3.21. The first-order chi connectivity index (χ1) is 9.35. The van der Waals surface area contributed by atoms with Crippen molar-refractivity contribution in [3.8, 4) is 0 Å². The Hall–Kier alpha value is -1.49. The van der Waals surface area contributed by atoms with Crippen LogP contribution in [-0.2, 0) is 15.1 Å². The van der Waals surface area contributed by atoms with Crippen LogP contribution in [0.5, 0.6) is 0 Å². The number of ether oxygens (including phenoxy) is 1. The van der Waals surface area contributed by atoms with E-state index in [0.717, 1.165) is 18.6 Å². The van der Waals surface area contributed by atoms with Gasteiger partial charge in [0.25, 0.3) is 0 Å². The molecule has 20 heavy (non-hydrogen) atoms. The van der Waals surface area contributed by atoms with Gasteiger partial charge in [-0.3, -0.25) is 5.32 Å². The van der Waals surface area contributed by atoms with Gasteiger partial charge < -0.3 is 4.74 Å². The maximum atomic E-state index is 13.4. The number of rotatable bonds is 6. The molecule has 0 aliphatic rings. The highest BCUT2D eigenvalue weighted by Crippen LogP contribution is 2.25. The molecular formula is C15H21F2NO2. The number of carbonyl (C=O) groups is 1. The normalized spacial score (nSPS) is 15.5. The fourth-order valence-electron chi connectivity index (χ4n) is 1.94. The minimum absolute atomic E-state index is 0.0255. The van der Waals surface area contributed by atoms with E-state index in [9.17, 15) is 13.6 Å².